The van der Waals surface area contributed by atoms with Gasteiger partial charge in [-0.1, -0.05) is 6.07 Å². The van der Waals surface area contributed by atoms with Crippen LogP contribution in [-0.4, -0.2) is 51.1 Å². The fraction of sp³-hybridized carbons (Fsp3) is 0.565. The first-order chi connectivity index (χ1) is 14.6. The van der Waals surface area contributed by atoms with Crippen molar-refractivity contribution in [3.05, 3.63) is 34.9 Å². The van der Waals surface area contributed by atoms with Gasteiger partial charge in [-0.05, 0) is 46.8 Å². The summed E-state index contributed by atoms with van der Waals surface area (Å²) in [5.74, 6) is -0.0943. The lowest BCUT2D eigenvalue weighted by atomic mass is 9.99. The van der Waals surface area contributed by atoms with E-state index in [9.17, 15) is 9.59 Å². The molecule has 1 fully saturated rings. The van der Waals surface area contributed by atoms with Gasteiger partial charge in [0.1, 0.15) is 5.60 Å². The predicted octanol–water partition coefficient (Wildman–Crippen LogP) is 3.73. The Balaban J connectivity index is 2.37. The van der Waals surface area contributed by atoms with Gasteiger partial charge >= 0.3 is 11.9 Å². The zero-order valence-corrected chi connectivity index (χ0v) is 19.3. The summed E-state index contributed by atoms with van der Waals surface area (Å²) >= 11 is 0. The highest BCUT2D eigenvalue weighted by molar-refractivity contribution is 6.00. The predicted molar refractivity (Wildman–Crippen MR) is 113 cm³/mol. The van der Waals surface area contributed by atoms with Crippen LogP contribution >= 0.6 is 0 Å². The van der Waals surface area contributed by atoms with E-state index in [-0.39, 0.29) is 17.8 Å². The Kier molecular flexibility index (Phi) is 8.47. The first kappa shape index (κ1) is 24.7. The second kappa shape index (κ2) is 10.6. The van der Waals surface area contributed by atoms with Crippen molar-refractivity contribution in [1.29, 1.82) is 0 Å². The first-order valence-corrected chi connectivity index (χ1v) is 10.2. The van der Waals surface area contributed by atoms with Crippen molar-refractivity contribution < 1.29 is 38.0 Å². The largest absolute Gasteiger partial charge is 0.493 e. The quantitative estimate of drug-likeness (QED) is 0.472. The second-order valence-corrected chi connectivity index (χ2v) is 7.99. The molecule has 1 aliphatic heterocycles. The average molecular weight is 437 g/mol. The first-order valence-electron chi connectivity index (χ1n) is 10.2. The van der Waals surface area contributed by atoms with Crippen molar-refractivity contribution >= 4 is 11.9 Å². The lowest BCUT2D eigenvalue weighted by Gasteiger charge is -2.33. The van der Waals surface area contributed by atoms with Crippen LogP contribution in [0, 0.1) is 0 Å². The van der Waals surface area contributed by atoms with E-state index in [0.29, 0.717) is 30.1 Å². The highest BCUT2D eigenvalue weighted by atomic mass is 16.7. The lowest BCUT2D eigenvalue weighted by molar-refractivity contribution is -0.210. The van der Waals surface area contributed by atoms with Gasteiger partial charge in [0.25, 0.3) is 0 Å². The van der Waals surface area contributed by atoms with E-state index in [0.717, 1.165) is 0 Å². The van der Waals surface area contributed by atoms with Crippen LogP contribution < -0.4 is 9.47 Å². The van der Waals surface area contributed by atoms with Gasteiger partial charge in [-0.2, -0.15) is 0 Å². The molecule has 0 bridgehead atoms. The summed E-state index contributed by atoms with van der Waals surface area (Å²) in [5, 5.41) is 0. The maximum Gasteiger partial charge on any atom is 0.337 e. The molecule has 0 unspecified atom stereocenters. The normalized spacial score (nSPS) is 19.8. The van der Waals surface area contributed by atoms with E-state index in [1.54, 1.807) is 67.0 Å². The van der Waals surface area contributed by atoms with E-state index >= 15 is 0 Å². The van der Waals surface area contributed by atoms with Crippen LogP contribution in [0.15, 0.2) is 29.3 Å². The number of hydrogen-bond donors (Lipinski definition) is 0. The Bertz CT molecular complexity index is 821. The standard InChI is InChI=1S/C23H32O8/c1-8-28-20(24)14(2)19(21(25)31-23(3,4)5)17-11-12-29-22(30-17)15-9-10-16(26-6)18(13-15)27-7/h9-10,13,17,22H,8,11-12H2,1-7H3/b19-14+/t17-,22-/m1/s1. The zero-order chi connectivity index (χ0) is 23.2. The number of esters is 2. The summed E-state index contributed by atoms with van der Waals surface area (Å²) in [7, 11) is 3.09. The van der Waals surface area contributed by atoms with Crippen LogP contribution in [0.3, 0.4) is 0 Å². The van der Waals surface area contributed by atoms with Crippen LogP contribution in [0.4, 0.5) is 0 Å². The molecule has 0 saturated carbocycles. The molecule has 2 atom stereocenters. The molecule has 1 heterocycles. The van der Waals surface area contributed by atoms with E-state index < -0.39 is 29.9 Å². The van der Waals surface area contributed by atoms with Gasteiger partial charge in [-0.15, -0.1) is 0 Å². The Morgan fingerprint density at radius 3 is 2.35 bits per heavy atom. The topological polar surface area (TPSA) is 89.5 Å². The maximum absolute atomic E-state index is 13.0. The van der Waals surface area contributed by atoms with Crippen molar-refractivity contribution in [3.8, 4) is 11.5 Å². The molecule has 1 aliphatic rings. The Morgan fingerprint density at radius 2 is 1.77 bits per heavy atom. The molecule has 0 aliphatic carbocycles. The molecule has 31 heavy (non-hydrogen) atoms. The van der Waals surface area contributed by atoms with Gasteiger partial charge in [0, 0.05) is 17.6 Å². The van der Waals surface area contributed by atoms with Gasteiger partial charge in [0.2, 0.25) is 0 Å². The Hall–Kier alpha value is -2.58. The van der Waals surface area contributed by atoms with Gasteiger partial charge in [0.05, 0.1) is 39.1 Å². The highest BCUT2D eigenvalue weighted by Crippen LogP contribution is 2.36. The van der Waals surface area contributed by atoms with Crippen LogP contribution in [0.25, 0.3) is 0 Å². The zero-order valence-electron chi connectivity index (χ0n) is 19.3. The summed E-state index contributed by atoms with van der Waals surface area (Å²) in [6.07, 6.45) is -1.08. The van der Waals surface area contributed by atoms with E-state index in [1.807, 2.05) is 0 Å². The summed E-state index contributed by atoms with van der Waals surface area (Å²) in [6.45, 7) is 9.06. The number of hydrogen-bond acceptors (Lipinski definition) is 8. The SMILES string of the molecule is CCOC(=O)/C(C)=C(/C(=O)OC(C)(C)C)[C@H]1CCO[C@@H](c2ccc(OC)c(OC)c2)O1. The van der Waals surface area contributed by atoms with Gasteiger partial charge in [-0.25, -0.2) is 9.59 Å². The summed E-state index contributed by atoms with van der Waals surface area (Å²) < 4.78 is 33.2. The van der Waals surface area contributed by atoms with Crippen LogP contribution in [0.1, 0.15) is 52.9 Å². The number of benzene rings is 1. The number of carbonyl (C=O) groups is 2. The molecule has 8 nitrogen and oxygen atoms in total. The molecule has 172 valence electrons. The molecule has 0 spiro atoms. The van der Waals surface area contributed by atoms with Crippen LogP contribution in [-0.2, 0) is 28.5 Å². The van der Waals surface area contributed by atoms with Gasteiger partial charge in [-0.3, -0.25) is 0 Å². The summed E-state index contributed by atoms with van der Waals surface area (Å²) in [4.78, 5) is 25.4. The molecule has 1 aromatic rings. The Morgan fingerprint density at radius 1 is 1.10 bits per heavy atom. The van der Waals surface area contributed by atoms with E-state index in [2.05, 4.69) is 0 Å². The molecule has 1 aromatic carbocycles. The minimum Gasteiger partial charge on any atom is -0.493 e. The summed E-state index contributed by atoms with van der Waals surface area (Å²) in [5.41, 5.74) is 0.265. The van der Waals surface area contributed by atoms with Crippen molar-refractivity contribution in [1.82, 2.24) is 0 Å². The third-order valence-corrected chi connectivity index (χ3v) is 4.54. The Labute approximate surface area is 183 Å². The minimum atomic E-state index is -0.758. The third kappa shape index (κ3) is 6.45. The lowest BCUT2D eigenvalue weighted by Crippen LogP contribution is -2.36. The van der Waals surface area contributed by atoms with E-state index in [1.165, 1.54) is 0 Å². The number of rotatable bonds is 7. The van der Waals surface area contributed by atoms with Gasteiger partial charge < -0.3 is 28.4 Å². The summed E-state index contributed by atoms with van der Waals surface area (Å²) in [6, 6.07) is 5.30. The molecule has 0 aromatic heterocycles. The van der Waals surface area contributed by atoms with Crippen molar-refractivity contribution in [2.75, 3.05) is 27.4 Å². The molecule has 0 N–H and O–H groups in total. The molecule has 0 amide bonds. The third-order valence-electron chi connectivity index (χ3n) is 4.54. The number of ether oxygens (including phenoxy) is 6. The molecular weight excluding hydrogens is 404 g/mol. The molecule has 0 radical (unpaired) electrons. The molecule has 1 saturated heterocycles. The molecule has 8 heteroatoms. The fourth-order valence-corrected chi connectivity index (χ4v) is 3.13. The van der Waals surface area contributed by atoms with Crippen molar-refractivity contribution in [2.45, 2.75) is 59.0 Å². The number of methoxy groups -OCH3 is 2. The second-order valence-electron chi connectivity index (χ2n) is 7.99. The number of carbonyl (C=O) groups excluding carboxylic acids is 2. The molecule has 2 rings (SSSR count). The maximum atomic E-state index is 13.0. The van der Waals surface area contributed by atoms with Gasteiger partial charge in [0.15, 0.2) is 17.8 Å². The fourth-order valence-electron chi connectivity index (χ4n) is 3.13. The highest BCUT2D eigenvalue weighted by Gasteiger charge is 2.35. The smallest absolute Gasteiger partial charge is 0.337 e. The molecular formula is C23H32O8. The average Bonchev–Trinajstić information content (AvgIpc) is 2.72. The monoisotopic (exact) mass is 436 g/mol. The van der Waals surface area contributed by atoms with Crippen LogP contribution in [0.2, 0.25) is 0 Å². The minimum absolute atomic E-state index is 0.141. The van der Waals surface area contributed by atoms with Crippen molar-refractivity contribution in [2.24, 2.45) is 0 Å². The van der Waals surface area contributed by atoms with E-state index in [4.69, 9.17) is 28.4 Å². The van der Waals surface area contributed by atoms with Crippen molar-refractivity contribution in [3.63, 3.8) is 0 Å². The van der Waals surface area contributed by atoms with Crippen LogP contribution in [0.5, 0.6) is 11.5 Å².